The van der Waals surface area contributed by atoms with Crippen molar-refractivity contribution in [2.45, 2.75) is 38.0 Å². The number of nitrogens with zero attached hydrogens (tertiary/aromatic N) is 1. The fourth-order valence-corrected chi connectivity index (χ4v) is 4.12. The van der Waals surface area contributed by atoms with Gasteiger partial charge in [0.2, 0.25) is 5.91 Å². The van der Waals surface area contributed by atoms with E-state index in [-0.39, 0.29) is 11.3 Å². The molecular formula is C20H22N2OS2. The van der Waals surface area contributed by atoms with Crippen molar-refractivity contribution in [2.24, 2.45) is 0 Å². The van der Waals surface area contributed by atoms with Gasteiger partial charge in [-0.3, -0.25) is 4.79 Å². The monoisotopic (exact) mass is 370 g/mol. The maximum Gasteiger partial charge on any atom is 0.236 e. The number of benzene rings is 2. The molecule has 0 aliphatic heterocycles. The van der Waals surface area contributed by atoms with E-state index in [1.807, 2.05) is 12.1 Å². The van der Waals surface area contributed by atoms with Crippen LogP contribution < -0.4 is 5.32 Å². The molecule has 0 fully saturated rings. The number of aromatic nitrogens is 1. The van der Waals surface area contributed by atoms with E-state index in [1.165, 1.54) is 22.5 Å². The highest BCUT2D eigenvalue weighted by atomic mass is 32.2. The Morgan fingerprint density at radius 1 is 1.16 bits per heavy atom. The number of carbonyl (C=O) groups is 1. The number of hydrogen-bond donors (Lipinski definition) is 1. The third-order valence-corrected chi connectivity index (χ3v) is 5.83. The zero-order valence-corrected chi connectivity index (χ0v) is 16.6. The van der Waals surface area contributed by atoms with Gasteiger partial charge in [-0.2, -0.15) is 0 Å². The Balaban J connectivity index is 1.58. The molecule has 5 heteroatoms. The normalized spacial score (nSPS) is 11.7. The number of thiazole rings is 1. The molecule has 3 aromatic rings. The van der Waals surface area contributed by atoms with Crippen LogP contribution in [-0.2, 0) is 10.2 Å². The van der Waals surface area contributed by atoms with Gasteiger partial charge < -0.3 is 5.32 Å². The molecule has 1 heterocycles. The zero-order chi connectivity index (χ0) is 18.0. The van der Waals surface area contributed by atoms with Crippen LogP contribution in [0, 0.1) is 6.92 Å². The molecule has 0 bridgehead atoms. The summed E-state index contributed by atoms with van der Waals surface area (Å²) in [7, 11) is 0. The Labute approximate surface area is 156 Å². The number of fused-ring (bicyclic) bond motifs is 1. The molecule has 2 aromatic carbocycles. The predicted molar refractivity (Wildman–Crippen MR) is 109 cm³/mol. The highest BCUT2D eigenvalue weighted by Crippen LogP contribution is 2.28. The predicted octanol–water partition coefficient (Wildman–Crippen LogP) is 5.63. The van der Waals surface area contributed by atoms with Gasteiger partial charge in [0, 0.05) is 4.90 Å². The Morgan fingerprint density at radius 3 is 2.56 bits per heavy atom. The summed E-state index contributed by atoms with van der Waals surface area (Å²) in [6, 6.07) is 14.5. The van der Waals surface area contributed by atoms with Crippen molar-refractivity contribution in [1.29, 1.82) is 0 Å². The molecule has 3 nitrogen and oxygen atoms in total. The molecule has 0 spiro atoms. The van der Waals surface area contributed by atoms with Crippen LogP contribution in [0.15, 0.2) is 47.4 Å². The SMILES string of the molecule is Cc1ccc2nc(NC(=O)CSc3ccc(C(C)(C)C)cc3)sc2c1. The summed E-state index contributed by atoms with van der Waals surface area (Å²) in [5.74, 6) is 0.352. The van der Waals surface area contributed by atoms with Gasteiger partial charge in [-0.15, -0.1) is 11.8 Å². The fourth-order valence-electron chi connectivity index (χ4n) is 2.44. The van der Waals surface area contributed by atoms with Crippen LogP contribution in [0.5, 0.6) is 0 Å². The average Bonchev–Trinajstić information content (AvgIpc) is 2.93. The Morgan fingerprint density at radius 2 is 1.88 bits per heavy atom. The minimum absolute atomic E-state index is 0.0272. The summed E-state index contributed by atoms with van der Waals surface area (Å²) in [4.78, 5) is 17.8. The molecule has 0 aliphatic rings. The largest absolute Gasteiger partial charge is 0.301 e. The molecule has 25 heavy (non-hydrogen) atoms. The van der Waals surface area contributed by atoms with Gasteiger partial charge in [0.1, 0.15) is 0 Å². The lowest BCUT2D eigenvalue weighted by molar-refractivity contribution is -0.113. The molecule has 0 radical (unpaired) electrons. The third-order valence-electron chi connectivity index (χ3n) is 3.88. The molecule has 1 N–H and O–H groups in total. The number of hydrogen-bond acceptors (Lipinski definition) is 4. The van der Waals surface area contributed by atoms with Gasteiger partial charge in [0.15, 0.2) is 5.13 Å². The first-order chi connectivity index (χ1) is 11.8. The number of nitrogens with one attached hydrogen (secondary N) is 1. The second-order valence-corrected chi connectivity index (χ2v) is 9.18. The van der Waals surface area contributed by atoms with E-state index in [1.54, 1.807) is 11.8 Å². The lowest BCUT2D eigenvalue weighted by Crippen LogP contribution is -2.13. The lowest BCUT2D eigenvalue weighted by atomic mass is 9.87. The summed E-state index contributed by atoms with van der Waals surface area (Å²) in [5, 5.41) is 3.57. The Hall–Kier alpha value is -1.85. The molecular weight excluding hydrogens is 348 g/mol. The van der Waals surface area contributed by atoms with Crippen LogP contribution in [-0.4, -0.2) is 16.6 Å². The van der Waals surface area contributed by atoms with E-state index in [2.05, 4.69) is 68.3 Å². The van der Waals surface area contributed by atoms with E-state index >= 15 is 0 Å². The lowest BCUT2D eigenvalue weighted by Gasteiger charge is -2.19. The van der Waals surface area contributed by atoms with Gasteiger partial charge in [-0.1, -0.05) is 50.3 Å². The van der Waals surface area contributed by atoms with Crippen molar-refractivity contribution in [3.63, 3.8) is 0 Å². The van der Waals surface area contributed by atoms with Gasteiger partial charge in [-0.05, 0) is 47.7 Å². The van der Waals surface area contributed by atoms with Gasteiger partial charge >= 0.3 is 0 Å². The van der Waals surface area contributed by atoms with Crippen molar-refractivity contribution < 1.29 is 4.79 Å². The van der Waals surface area contributed by atoms with Crippen molar-refractivity contribution >= 4 is 44.4 Å². The first kappa shape index (κ1) is 18.0. The molecule has 0 aliphatic carbocycles. The van der Waals surface area contributed by atoms with Gasteiger partial charge in [0.25, 0.3) is 0 Å². The van der Waals surface area contributed by atoms with Crippen LogP contribution in [0.1, 0.15) is 31.9 Å². The maximum atomic E-state index is 12.2. The van der Waals surface area contributed by atoms with Crippen LogP contribution in [0.3, 0.4) is 0 Å². The first-order valence-electron chi connectivity index (χ1n) is 8.22. The summed E-state index contributed by atoms with van der Waals surface area (Å²) in [6.07, 6.45) is 0. The topological polar surface area (TPSA) is 42.0 Å². The summed E-state index contributed by atoms with van der Waals surface area (Å²) in [5.41, 5.74) is 3.57. The van der Waals surface area contributed by atoms with E-state index in [0.29, 0.717) is 10.9 Å². The van der Waals surface area contributed by atoms with Crippen molar-refractivity contribution in [3.05, 3.63) is 53.6 Å². The van der Waals surface area contributed by atoms with E-state index < -0.39 is 0 Å². The Bertz CT molecular complexity index is 892. The minimum Gasteiger partial charge on any atom is -0.301 e. The summed E-state index contributed by atoms with van der Waals surface area (Å²) in [6.45, 7) is 8.64. The van der Waals surface area contributed by atoms with Gasteiger partial charge in [0.05, 0.1) is 16.0 Å². The van der Waals surface area contributed by atoms with E-state index in [9.17, 15) is 4.79 Å². The standard InChI is InChI=1S/C20H22N2OS2/c1-13-5-10-16-17(11-13)25-19(21-16)22-18(23)12-24-15-8-6-14(7-9-15)20(2,3)4/h5-11H,12H2,1-4H3,(H,21,22,23). The highest BCUT2D eigenvalue weighted by molar-refractivity contribution is 8.00. The minimum atomic E-state index is -0.0272. The van der Waals surface area contributed by atoms with Crippen LogP contribution in [0.4, 0.5) is 5.13 Å². The second kappa shape index (κ2) is 7.18. The third kappa shape index (κ3) is 4.61. The highest BCUT2D eigenvalue weighted by Gasteiger charge is 2.13. The Kier molecular flexibility index (Phi) is 5.16. The molecule has 0 atom stereocenters. The smallest absolute Gasteiger partial charge is 0.236 e. The maximum absolute atomic E-state index is 12.2. The quantitative estimate of drug-likeness (QED) is 0.605. The molecule has 0 saturated carbocycles. The van der Waals surface area contributed by atoms with E-state index in [4.69, 9.17) is 0 Å². The number of amides is 1. The van der Waals surface area contributed by atoms with Crippen molar-refractivity contribution in [3.8, 4) is 0 Å². The first-order valence-corrected chi connectivity index (χ1v) is 10.0. The second-order valence-electron chi connectivity index (χ2n) is 7.10. The molecule has 1 aromatic heterocycles. The van der Waals surface area contributed by atoms with Gasteiger partial charge in [-0.25, -0.2) is 4.98 Å². The molecule has 0 unspecified atom stereocenters. The van der Waals surface area contributed by atoms with Crippen LogP contribution in [0.2, 0.25) is 0 Å². The molecule has 1 amide bonds. The fraction of sp³-hybridized carbons (Fsp3) is 0.300. The molecule has 3 rings (SSSR count). The number of carbonyl (C=O) groups excluding carboxylic acids is 1. The van der Waals surface area contributed by atoms with Crippen molar-refractivity contribution in [1.82, 2.24) is 4.98 Å². The number of thioether (sulfide) groups is 1. The molecule has 0 saturated heterocycles. The van der Waals surface area contributed by atoms with E-state index in [0.717, 1.165) is 15.1 Å². The zero-order valence-electron chi connectivity index (χ0n) is 14.9. The summed E-state index contributed by atoms with van der Waals surface area (Å²) >= 11 is 3.06. The average molecular weight is 371 g/mol. The van der Waals surface area contributed by atoms with Crippen LogP contribution >= 0.6 is 23.1 Å². The number of aryl methyl sites for hydroxylation is 1. The number of rotatable bonds is 4. The van der Waals surface area contributed by atoms with Crippen molar-refractivity contribution in [2.75, 3.05) is 11.1 Å². The molecule has 130 valence electrons. The van der Waals surface area contributed by atoms with Crippen LogP contribution in [0.25, 0.3) is 10.2 Å². The summed E-state index contributed by atoms with van der Waals surface area (Å²) < 4.78 is 1.10. The number of anilines is 1.